The van der Waals surface area contributed by atoms with Gasteiger partial charge in [0.25, 0.3) is 0 Å². The molecule has 1 heterocycles. The van der Waals surface area contributed by atoms with Crippen molar-refractivity contribution in [3.8, 4) is 5.75 Å². The third-order valence-electron chi connectivity index (χ3n) is 3.50. The third kappa shape index (κ3) is 4.31. The van der Waals surface area contributed by atoms with E-state index in [1.165, 1.54) is 11.1 Å². The second kappa shape index (κ2) is 6.74. The number of benzene rings is 1. The van der Waals surface area contributed by atoms with Crippen molar-refractivity contribution in [2.75, 3.05) is 6.61 Å². The molecule has 0 aliphatic carbocycles. The summed E-state index contributed by atoms with van der Waals surface area (Å²) in [4.78, 5) is 0. The Bertz CT molecular complexity index is 556. The summed E-state index contributed by atoms with van der Waals surface area (Å²) < 4.78 is 5.88. The van der Waals surface area contributed by atoms with Crippen LogP contribution in [0.4, 0.5) is 0 Å². The predicted molar refractivity (Wildman–Crippen MR) is 84.7 cm³/mol. The van der Waals surface area contributed by atoms with Crippen molar-refractivity contribution in [2.45, 2.75) is 52.4 Å². The highest BCUT2D eigenvalue weighted by atomic mass is 16.5. The predicted octanol–water partition coefficient (Wildman–Crippen LogP) is 3.68. The first kappa shape index (κ1) is 15.5. The topological polar surface area (TPSA) is 50.8 Å². The Morgan fingerprint density at radius 3 is 2.62 bits per heavy atom. The van der Waals surface area contributed by atoms with Gasteiger partial charge in [0.1, 0.15) is 5.75 Å². The molecule has 0 atom stereocenters. The smallest absolute Gasteiger partial charge is 0.122 e. The molecule has 1 aromatic heterocycles. The van der Waals surface area contributed by atoms with Crippen LogP contribution in [-0.4, -0.2) is 22.0 Å². The SMILES string of the molecule is CCCOc1ccc(C(C)(C)C)cc1CCc1cn[nH]n1. The Kier molecular flexibility index (Phi) is 4.99. The Balaban J connectivity index is 2.20. The van der Waals surface area contributed by atoms with E-state index >= 15 is 0 Å². The molecule has 0 radical (unpaired) electrons. The number of hydrogen-bond acceptors (Lipinski definition) is 3. The van der Waals surface area contributed by atoms with E-state index < -0.39 is 0 Å². The number of aryl methyl sites for hydroxylation is 2. The zero-order valence-corrected chi connectivity index (χ0v) is 13.4. The molecule has 0 unspecified atom stereocenters. The van der Waals surface area contributed by atoms with E-state index in [9.17, 15) is 0 Å². The van der Waals surface area contributed by atoms with Crippen LogP contribution in [0.1, 0.15) is 50.9 Å². The standard InChI is InChI=1S/C17H25N3O/c1-5-10-21-16-9-7-14(17(2,3)4)11-13(16)6-8-15-12-18-20-19-15/h7,9,11-12H,5-6,8,10H2,1-4H3,(H,18,19,20). The highest BCUT2D eigenvalue weighted by Crippen LogP contribution is 2.29. The normalized spacial score (nSPS) is 11.6. The molecule has 0 bridgehead atoms. The molecule has 114 valence electrons. The van der Waals surface area contributed by atoms with E-state index in [4.69, 9.17) is 4.74 Å². The van der Waals surface area contributed by atoms with Gasteiger partial charge in [0.05, 0.1) is 18.5 Å². The first-order chi connectivity index (χ1) is 10.0. The van der Waals surface area contributed by atoms with Gasteiger partial charge >= 0.3 is 0 Å². The van der Waals surface area contributed by atoms with Gasteiger partial charge < -0.3 is 4.74 Å². The Morgan fingerprint density at radius 2 is 2.00 bits per heavy atom. The Morgan fingerprint density at radius 1 is 1.19 bits per heavy atom. The van der Waals surface area contributed by atoms with E-state index in [0.717, 1.165) is 37.3 Å². The summed E-state index contributed by atoms with van der Waals surface area (Å²) in [5.74, 6) is 0.994. The fourth-order valence-electron chi connectivity index (χ4n) is 2.20. The van der Waals surface area contributed by atoms with E-state index in [-0.39, 0.29) is 5.41 Å². The van der Waals surface area contributed by atoms with E-state index in [1.807, 2.05) is 0 Å². The molecule has 0 aliphatic heterocycles. The Labute approximate surface area is 126 Å². The molecular weight excluding hydrogens is 262 g/mol. The van der Waals surface area contributed by atoms with E-state index in [1.54, 1.807) is 6.20 Å². The van der Waals surface area contributed by atoms with Crippen LogP contribution in [0.3, 0.4) is 0 Å². The zero-order chi connectivity index (χ0) is 15.3. The van der Waals surface area contributed by atoms with Crippen molar-refractivity contribution >= 4 is 0 Å². The van der Waals surface area contributed by atoms with Crippen LogP contribution in [-0.2, 0) is 18.3 Å². The number of hydrogen-bond donors (Lipinski definition) is 1. The average molecular weight is 287 g/mol. The van der Waals surface area contributed by atoms with Gasteiger partial charge in [0.2, 0.25) is 0 Å². The maximum absolute atomic E-state index is 5.88. The van der Waals surface area contributed by atoms with Crippen LogP contribution in [0.25, 0.3) is 0 Å². The summed E-state index contributed by atoms with van der Waals surface area (Å²) in [6.45, 7) is 9.58. The van der Waals surface area contributed by atoms with Crippen molar-refractivity contribution in [1.29, 1.82) is 0 Å². The molecule has 0 spiro atoms. The third-order valence-corrected chi connectivity index (χ3v) is 3.50. The number of aromatic amines is 1. The summed E-state index contributed by atoms with van der Waals surface area (Å²) in [7, 11) is 0. The maximum Gasteiger partial charge on any atom is 0.122 e. The summed E-state index contributed by atoms with van der Waals surface area (Å²) in [5.41, 5.74) is 3.71. The van der Waals surface area contributed by atoms with Crippen LogP contribution in [0, 0.1) is 0 Å². The zero-order valence-electron chi connectivity index (χ0n) is 13.4. The molecule has 2 aromatic rings. The van der Waals surface area contributed by atoms with E-state index in [0.29, 0.717) is 0 Å². The van der Waals surface area contributed by atoms with Gasteiger partial charge in [-0.15, -0.1) is 0 Å². The van der Waals surface area contributed by atoms with Crippen LogP contribution in [0.15, 0.2) is 24.4 Å². The number of nitrogens with one attached hydrogen (secondary N) is 1. The monoisotopic (exact) mass is 287 g/mol. The number of aromatic nitrogens is 3. The van der Waals surface area contributed by atoms with Crippen molar-refractivity contribution < 1.29 is 4.74 Å². The molecule has 2 rings (SSSR count). The molecule has 0 saturated heterocycles. The maximum atomic E-state index is 5.88. The van der Waals surface area contributed by atoms with Gasteiger partial charge in [0, 0.05) is 0 Å². The lowest BCUT2D eigenvalue weighted by Gasteiger charge is -2.21. The average Bonchev–Trinajstić information content (AvgIpc) is 2.95. The van der Waals surface area contributed by atoms with Gasteiger partial charge in [-0.05, 0) is 41.9 Å². The van der Waals surface area contributed by atoms with Crippen molar-refractivity contribution in [2.24, 2.45) is 0 Å². The quantitative estimate of drug-likeness (QED) is 0.881. The van der Waals surface area contributed by atoms with Crippen LogP contribution in [0.2, 0.25) is 0 Å². The summed E-state index contributed by atoms with van der Waals surface area (Å²) in [5, 5.41) is 10.6. The molecule has 4 nitrogen and oxygen atoms in total. The van der Waals surface area contributed by atoms with Crippen molar-refractivity contribution in [1.82, 2.24) is 15.4 Å². The molecule has 4 heteroatoms. The lowest BCUT2D eigenvalue weighted by Crippen LogP contribution is -2.12. The summed E-state index contributed by atoms with van der Waals surface area (Å²) in [6.07, 6.45) is 4.58. The molecule has 21 heavy (non-hydrogen) atoms. The number of rotatable bonds is 6. The van der Waals surface area contributed by atoms with Crippen LogP contribution in [0.5, 0.6) is 5.75 Å². The highest BCUT2D eigenvalue weighted by molar-refractivity contribution is 5.40. The van der Waals surface area contributed by atoms with Gasteiger partial charge in [-0.2, -0.15) is 15.4 Å². The molecular formula is C17H25N3O. The van der Waals surface area contributed by atoms with E-state index in [2.05, 4.69) is 61.3 Å². The highest BCUT2D eigenvalue weighted by Gasteiger charge is 2.16. The summed E-state index contributed by atoms with van der Waals surface area (Å²) in [6, 6.07) is 6.55. The lowest BCUT2D eigenvalue weighted by molar-refractivity contribution is 0.314. The van der Waals surface area contributed by atoms with Gasteiger partial charge in [-0.3, -0.25) is 0 Å². The first-order valence-corrected chi connectivity index (χ1v) is 7.61. The van der Waals surface area contributed by atoms with Crippen LogP contribution < -0.4 is 4.74 Å². The molecule has 0 fully saturated rings. The molecule has 0 amide bonds. The van der Waals surface area contributed by atoms with Crippen molar-refractivity contribution in [3.63, 3.8) is 0 Å². The lowest BCUT2D eigenvalue weighted by atomic mass is 9.85. The minimum Gasteiger partial charge on any atom is -0.493 e. The molecule has 1 aromatic carbocycles. The van der Waals surface area contributed by atoms with Crippen molar-refractivity contribution in [3.05, 3.63) is 41.2 Å². The first-order valence-electron chi connectivity index (χ1n) is 7.61. The fourth-order valence-corrected chi connectivity index (χ4v) is 2.20. The number of H-pyrrole nitrogens is 1. The molecule has 1 N–H and O–H groups in total. The van der Waals surface area contributed by atoms with Gasteiger partial charge in [-0.1, -0.05) is 39.8 Å². The van der Waals surface area contributed by atoms with Crippen LogP contribution >= 0.6 is 0 Å². The number of nitrogens with zero attached hydrogens (tertiary/aromatic N) is 2. The molecule has 0 aliphatic rings. The second-order valence-electron chi connectivity index (χ2n) is 6.38. The number of ether oxygens (including phenoxy) is 1. The fraction of sp³-hybridized carbons (Fsp3) is 0.529. The van der Waals surface area contributed by atoms with Gasteiger partial charge in [0.15, 0.2) is 0 Å². The Hall–Kier alpha value is -1.84. The molecule has 0 saturated carbocycles. The summed E-state index contributed by atoms with van der Waals surface area (Å²) >= 11 is 0. The second-order valence-corrected chi connectivity index (χ2v) is 6.38. The minimum absolute atomic E-state index is 0.145. The largest absolute Gasteiger partial charge is 0.493 e. The minimum atomic E-state index is 0.145. The van der Waals surface area contributed by atoms with Gasteiger partial charge in [-0.25, -0.2) is 0 Å².